The van der Waals surface area contributed by atoms with Crippen molar-refractivity contribution in [2.75, 3.05) is 25.0 Å². The first kappa shape index (κ1) is 13.6. The van der Waals surface area contributed by atoms with Gasteiger partial charge in [0.15, 0.2) is 0 Å². The zero-order valence-electron chi connectivity index (χ0n) is 12.7. The van der Waals surface area contributed by atoms with E-state index in [0.717, 1.165) is 19.2 Å². The Labute approximate surface area is 126 Å². The first-order valence-electron chi connectivity index (χ1n) is 8.53. The van der Waals surface area contributed by atoms with Crippen LogP contribution in [0.15, 0.2) is 12.4 Å². The van der Waals surface area contributed by atoms with Gasteiger partial charge in [-0.2, -0.15) is 5.10 Å². The molecule has 3 aliphatic heterocycles. The molecular weight excluding hydrogens is 264 g/mol. The summed E-state index contributed by atoms with van der Waals surface area (Å²) in [5.41, 5.74) is 1.17. The van der Waals surface area contributed by atoms with Crippen LogP contribution in [0.3, 0.4) is 0 Å². The highest BCUT2D eigenvalue weighted by Crippen LogP contribution is 2.29. The van der Waals surface area contributed by atoms with Crippen molar-refractivity contribution in [3.05, 3.63) is 12.4 Å². The van der Waals surface area contributed by atoms with Gasteiger partial charge in [0.1, 0.15) is 0 Å². The van der Waals surface area contributed by atoms with Gasteiger partial charge in [0.2, 0.25) is 0 Å². The summed E-state index contributed by atoms with van der Waals surface area (Å²) < 4.78 is 7.72. The van der Waals surface area contributed by atoms with E-state index in [1.54, 1.807) is 0 Å². The largest absolute Gasteiger partial charge is 0.378 e. The van der Waals surface area contributed by atoms with Crippen molar-refractivity contribution in [3.8, 4) is 0 Å². The van der Waals surface area contributed by atoms with Crippen LogP contribution in [0.4, 0.5) is 5.69 Å². The molecule has 21 heavy (non-hydrogen) atoms. The van der Waals surface area contributed by atoms with Gasteiger partial charge in [-0.1, -0.05) is 6.42 Å². The van der Waals surface area contributed by atoms with Crippen LogP contribution in [-0.2, 0) is 11.3 Å². The number of nitrogens with zero attached hydrogens (tertiary/aromatic N) is 3. The summed E-state index contributed by atoms with van der Waals surface area (Å²) in [6.45, 7) is 4.35. The standard InChI is InChI=1S/C16H26N4O/c1-2-7-19-8-6-15(16(19)5-1)18-13-10-17-20(11-13)12-14-4-3-9-21-14/h10-11,14-16,18H,1-9,12H2. The van der Waals surface area contributed by atoms with E-state index in [2.05, 4.69) is 21.5 Å². The molecule has 0 amide bonds. The van der Waals surface area contributed by atoms with Gasteiger partial charge in [-0.25, -0.2) is 0 Å². The van der Waals surface area contributed by atoms with Crippen molar-refractivity contribution < 1.29 is 4.74 Å². The van der Waals surface area contributed by atoms with E-state index in [0.29, 0.717) is 12.1 Å². The maximum absolute atomic E-state index is 5.68. The first-order valence-corrected chi connectivity index (χ1v) is 8.53. The van der Waals surface area contributed by atoms with Crippen molar-refractivity contribution in [1.29, 1.82) is 0 Å². The summed E-state index contributed by atoms with van der Waals surface area (Å²) in [6, 6.07) is 1.34. The monoisotopic (exact) mass is 290 g/mol. The lowest BCUT2D eigenvalue weighted by molar-refractivity contribution is 0.0940. The Kier molecular flexibility index (Phi) is 3.86. The minimum absolute atomic E-state index is 0.359. The van der Waals surface area contributed by atoms with Crippen LogP contribution in [0.2, 0.25) is 0 Å². The van der Waals surface area contributed by atoms with Crippen molar-refractivity contribution in [2.24, 2.45) is 0 Å². The smallest absolute Gasteiger partial charge is 0.0771 e. The number of rotatable bonds is 4. The molecule has 5 heteroatoms. The van der Waals surface area contributed by atoms with Gasteiger partial charge in [-0.15, -0.1) is 0 Å². The Balaban J connectivity index is 1.35. The van der Waals surface area contributed by atoms with Gasteiger partial charge < -0.3 is 10.1 Å². The third-order valence-corrected chi connectivity index (χ3v) is 5.26. The molecule has 4 heterocycles. The molecular formula is C16H26N4O. The SMILES string of the molecule is c1nn(CC2CCCO2)cc1NC1CCN2CCCCC12. The molecule has 0 bridgehead atoms. The Morgan fingerprint density at radius 1 is 1.19 bits per heavy atom. The molecule has 1 aromatic heterocycles. The van der Waals surface area contributed by atoms with E-state index < -0.39 is 0 Å². The number of ether oxygens (including phenoxy) is 1. The molecule has 5 nitrogen and oxygen atoms in total. The third kappa shape index (κ3) is 2.94. The Morgan fingerprint density at radius 2 is 2.19 bits per heavy atom. The molecule has 0 radical (unpaired) electrons. The molecule has 1 N–H and O–H groups in total. The average Bonchev–Trinajstić information content (AvgIpc) is 3.23. The summed E-state index contributed by atoms with van der Waals surface area (Å²) in [7, 11) is 0. The van der Waals surface area contributed by atoms with E-state index in [1.807, 2.05) is 10.9 Å². The molecule has 0 saturated carbocycles. The second-order valence-electron chi connectivity index (χ2n) is 6.72. The number of piperidine rings is 1. The highest BCUT2D eigenvalue weighted by atomic mass is 16.5. The van der Waals surface area contributed by atoms with Crippen molar-refractivity contribution in [2.45, 2.75) is 63.3 Å². The maximum Gasteiger partial charge on any atom is 0.0771 e. The lowest BCUT2D eigenvalue weighted by Gasteiger charge is -2.32. The van der Waals surface area contributed by atoms with Crippen LogP contribution in [0, 0.1) is 0 Å². The Bertz CT molecular complexity index is 469. The second-order valence-corrected chi connectivity index (χ2v) is 6.72. The summed E-state index contributed by atoms with van der Waals surface area (Å²) in [5.74, 6) is 0. The molecule has 3 aliphatic rings. The minimum Gasteiger partial charge on any atom is -0.378 e. The van der Waals surface area contributed by atoms with Crippen LogP contribution in [-0.4, -0.2) is 52.6 Å². The minimum atomic E-state index is 0.359. The molecule has 3 saturated heterocycles. The van der Waals surface area contributed by atoms with Crippen LogP contribution >= 0.6 is 0 Å². The number of aromatic nitrogens is 2. The predicted molar refractivity (Wildman–Crippen MR) is 82.4 cm³/mol. The van der Waals surface area contributed by atoms with Crippen molar-refractivity contribution >= 4 is 5.69 Å². The second kappa shape index (κ2) is 5.97. The number of fused-ring (bicyclic) bond motifs is 1. The predicted octanol–water partition coefficient (Wildman–Crippen LogP) is 2.10. The average molecular weight is 290 g/mol. The normalized spacial score (nSPS) is 33.2. The first-order chi connectivity index (χ1) is 10.4. The molecule has 0 spiro atoms. The van der Waals surface area contributed by atoms with Crippen LogP contribution in [0.1, 0.15) is 38.5 Å². The van der Waals surface area contributed by atoms with Crippen molar-refractivity contribution in [1.82, 2.24) is 14.7 Å². The molecule has 3 atom stereocenters. The van der Waals surface area contributed by atoms with Gasteiger partial charge in [-0.3, -0.25) is 9.58 Å². The van der Waals surface area contributed by atoms with Crippen LogP contribution < -0.4 is 5.32 Å². The zero-order valence-corrected chi connectivity index (χ0v) is 12.7. The summed E-state index contributed by atoms with van der Waals surface area (Å²) >= 11 is 0. The van der Waals surface area contributed by atoms with Gasteiger partial charge in [0.25, 0.3) is 0 Å². The van der Waals surface area contributed by atoms with Crippen molar-refractivity contribution in [3.63, 3.8) is 0 Å². The Hall–Kier alpha value is -1.07. The highest BCUT2D eigenvalue weighted by Gasteiger charge is 2.35. The third-order valence-electron chi connectivity index (χ3n) is 5.26. The van der Waals surface area contributed by atoms with Gasteiger partial charge >= 0.3 is 0 Å². The summed E-state index contributed by atoms with van der Waals surface area (Å²) in [4.78, 5) is 2.66. The topological polar surface area (TPSA) is 42.3 Å². The molecule has 3 unspecified atom stereocenters. The fraction of sp³-hybridized carbons (Fsp3) is 0.812. The molecule has 0 aliphatic carbocycles. The van der Waals surface area contributed by atoms with E-state index >= 15 is 0 Å². The number of nitrogens with one attached hydrogen (secondary N) is 1. The number of anilines is 1. The van der Waals surface area contributed by atoms with Gasteiger partial charge in [0, 0.05) is 31.4 Å². The fourth-order valence-corrected chi connectivity index (χ4v) is 4.16. The van der Waals surface area contributed by atoms with Gasteiger partial charge in [-0.05, 0) is 38.6 Å². The van der Waals surface area contributed by atoms with E-state index in [9.17, 15) is 0 Å². The van der Waals surface area contributed by atoms with E-state index in [-0.39, 0.29) is 0 Å². The maximum atomic E-state index is 5.68. The number of hydrogen-bond donors (Lipinski definition) is 1. The molecule has 3 fully saturated rings. The molecule has 0 aromatic carbocycles. The van der Waals surface area contributed by atoms with Gasteiger partial charge in [0.05, 0.1) is 24.5 Å². The lowest BCUT2D eigenvalue weighted by atomic mass is 9.99. The zero-order chi connectivity index (χ0) is 14.1. The quantitative estimate of drug-likeness (QED) is 0.922. The number of hydrogen-bond acceptors (Lipinski definition) is 4. The van der Waals surface area contributed by atoms with E-state index in [4.69, 9.17) is 4.74 Å². The van der Waals surface area contributed by atoms with Crippen LogP contribution in [0.5, 0.6) is 0 Å². The summed E-state index contributed by atoms with van der Waals surface area (Å²) in [6.07, 6.45) is 12.2. The Morgan fingerprint density at radius 3 is 3.10 bits per heavy atom. The lowest BCUT2D eigenvalue weighted by Crippen LogP contribution is -2.41. The molecule has 4 rings (SSSR count). The fourth-order valence-electron chi connectivity index (χ4n) is 4.16. The van der Waals surface area contributed by atoms with E-state index in [1.165, 1.54) is 57.3 Å². The molecule has 1 aromatic rings. The van der Waals surface area contributed by atoms with Crippen LogP contribution in [0.25, 0.3) is 0 Å². The molecule has 116 valence electrons. The highest BCUT2D eigenvalue weighted by molar-refractivity contribution is 5.40. The summed E-state index contributed by atoms with van der Waals surface area (Å²) in [5, 5.41) is 8.21.